The van der Waals surface area contributed by atoms with E-state index >= 15 is 0 Å². The van der Waals surface area contributed by atoms with Crippen molar-refractivity contribution in [2.24, 2.45) is 0 Å². The molecule has 8 heteroatoms. The van der Waals surface area contributed by atoms with Crippen molar-refractivity contribution in [3.63, 3.8) is 0 Å². The van der Waals surface area contributed by atoms with Gasteiger partial charge in [0.1, 0.15) is 4.90 Å². The minimum Gasteiger partial charge on any atom is -0.398 e. The van der Waals surface area contributed by atoms with E-state index in [1.807, 2.05) is 6.07 Å². The first-order valence-electron chi connectivity index (χ1n) is 5.39. The molecule has 3 N–H and O–H groups in total. The molecule has 0 spiro atoms. The van der Waals surface area contributed by atoms with Crippen LogP contribution in [0.1, 0.15) is 12.5 Å². The first kappa shape index (κ1) is 15.6. The second-order valence-corrected chi connectivity index (χ2v) is 7.56. The maximum absolute atomic E-state index is 12.0. The van der Waals surface area contributed by atoms with Crippen LogP contribution in [-0.2, 0) is 20.8 Å². The summed E-state index contributed by atoms with van der Waals surface area (Å²) in [5.74, 6) is 0. The van der Waals surface area contributed by atoms with Crippen LogP contribution in [0, 0.1) is 11.3 Å². The number of anilines is 1. The average Bonchev–Trinajstić information content (AvgIpc) is 2.35. The van der Waals surface area contributed by atoms with E-state index in [9.17, 15) is 12.6 Å². The number of nitrogens with zero attached hydrogens (tertiary/aromatic N) is 1. The second kappa shape index (κ2) is 6.14. The van der Waals surface area contributed by atoms with Gasteiger partial charge in [-0.25, -0.2) is 13.1 Å². The van der Waals surface area contributed by atoms with Crippen LogP contribution in [0.25, 0.3) is 0 Å². The summed E-state index contributed by atoms with van der Waals surface area (Å²) in [7, 11) is -4.88. The van der Waals surface area contributed by atoms with Crippen LogP contribution in [-0.4, -0.2) is 30.7 Å². The number of sulfonamides is 1. The Bertz CT molecular complexity index is 635. The summed E-state index contributed by atoms with van der Waals surface area (Å²) in [5, 5.41) is 8.39. The smallest absolute Gasteiger partial charge is 0.242 e. The summed E-state index contributed by atoms with van der Waals surface area (Å²) in [6, 6.07) is 5.84. The third kappa shape index (κ3) is 4.02. The number of rotatable bonds is 5. The molecule has 0 bridgehead atoms. The molecule has 1 aromatic carbocycles. The highest BCUT2D eigenvalue weighted by Gasteiger charge is 2.19. The average molecular weight is 301 g/mol. The normalized spacial score (nSPS) is 14.6. The molecule has 0 aliphatic heterocycles. The SMILES string of the molecule is CC(CNS(=O)(=O)c1ccc(C#N)cc1N)S(C)=O. The van der Waals surface area contributed by atoms with E-state index in [-0.39, 0.29) is 22.4 Å². The molecule has 0 heterocycles. The van der Waals surface area contributed by atoms with Crippen LogP contribution in [0.4, 0.5) is 5.69 Å². The molecule has 104 valence electrons. The van der Waals surface area contributed by atoms with Crippen LogP contribution in [0.3, 0.4) is 0 Å². The largest absolute Gasteiger partial charge is 0.398 e. The van der Waals surface area contributed by atoms with E-state index in [1.54, 1.807) is 6.92 Å². The van der Waals surface area contributed by atoms with Crippen LogP contribution in [0.2, 0.25) is 0 Å². The fraction of sp³-hybridized carbons (Fsp3) is 0.364. The molecule has 1 rings (SSSR count). The van der Waals surface area contributed by atoms with E-state index in [0.717, 1.165) is 0 Å². The third-order valence-electron chi connectivity index (χ3n) is 2.56. The van der Waals surface area contributed by atoms with Gasteiger partial charge >= 0.3 is 0 Å². The van der Waals surface area contributed by atoms with Gasteiger partial charge in [-0.1, -0.05) is 0 Å². The lowest BCUT2D eigenvalue weighted by Crippen LogP contribution is -2.33. The lowest BCUT2D eigenvalue weighted by atomic mass is 10.2. The van der Waals surface area contributed by atoms with Crippen LogP contribution in [0.5, 0.6) is 0 Å². The number of nitrogens with two attached hydrogens (primary N) is 1. The standard InChI is InChI=1S/C11H15N3O3S2/c1-8(18(2)15)7-14-19(16,17)11-4-3-9(6-12)5-10(11)13/h3-5,8,14H,7,13H2,1-2H3. The van der Waals surface area contributed by atoms with Gasteiger partial charge in [0, 0.05) is 28.9 Å². The fourth-order valence-corrected chi connectivity index (χ4v) is 2.95. The van der Waals surface area contributed by atoms with Crippen LogP contribution < -0.4 is 10.5 Å². The number of nitrogen functional groups attached to an aromatic ring is 1. The van der Waals surface area contributed by atoms with E-state index in [4.69, 9.17) is 11.0 Å². The van der Waals surface area contributed by atoms with Crippen molar-refractivity contribution in [3.8, 4) is 6.07 Å². The number of benzene rings is 1. The van der Waals surface area contributed by atoms with Crippen molar-refractivity contribution in [2.75, 3.05) is 18.5 Å². The molecule has 1 aromatic rings. The molecule has 2 atom stereocenters. The van der Waals surface area contributed by atoms with Gasteiger partial charge in [-0.3, -0.25) is 4.21 Å². The predicted molar refractivity (Wildman–Crippen MR) is 74.3 cm³/mol. The maximum Gasteiger partial charge on any atom is 0.242 e. The summed E-state index contributed by atoms with van der Waals surface area (Å²) in [6.07, 6.45) is 1.51. The molecule has 0 saturated carbocycles. The van der Waals surface area contributed by atoms with Crippen LogP contribution >= 0.6 is 0 Å². The minimum atomic E-state index is -3.76. The third-order valence-corrected chi connectivity index (χ3v) is 5.35. The van der Waals surface area contributed by atoms with Gasteiger partial charge < -0.3 is 5.73 Å². The molecule has 0 aliphatic rings. The van der Waals surface area contributed by atoms with Crippen molar-refractivity contribution < 1.29 is 12.6 Å². The van der Waals surface area contributed by atoms with Crippen molar-refractivity contribution in [1.82, 2.24) is 4.72 Å². The van der Waals surface area contributed by atoms with Gasteiger partial charge in [0.2, 0.25) is 10.0 Å². The van der Waals surface area contributed by atoms with E-state index < -0.39 is 20.8 Å². The molecule has 6 nitrogen and oxygen atoms in total. The highest BCUT2D eigenvalue weighted by atomic mass is 32.2. The maximum atomic E-state index is 12.0. The molecule has 0 amide bonds. The zero-order valence-corrected chi connectivity index (χ0v) is 12.2. The van der Waals surface area contributed by atoms with E-state index in [0.29, 0.717) is 5.56 Å². The Kier molecular flexibility index (Phi) is 5.05. The highest BCUT2D eigenvalue weighted by Crippen LogP contribution is 2.19. The van der Waals surface area contributed by atoms with Gasteiger partial charge in [0.15, 0.2) is 0 Å². The fourth-order valence-electron chi connectivity index (χ4n) is 1.28. The zero-order chi connectivity index (χ0) is 14.6. The Hall–Kier alpha value is -1.43. The molecule has 0 saturated heterocycles. The molecular formula is C11H15N3O3S2. The Morgan fingerprint density at radius 3 is 2.63 bits per heavy atom. The first-order chi connectivity index (χ1) is 8.77. The quantitative estimate of drug-likeness (QED) is 0.753. The number of hydrogen-bond acceptors (Lipinski definition) is 5. The summed E-state index contributed by atoms with van der Waals surface area (Å²) in [6.45, 7) is 1.74. The van der Waals surface area contributed by atoms with Gasteiger partial charge in [-0.15, -0.1) is 0 Å². The summed E-state index contributed by atoms with van der Waals surface area (Å²) >= 11 is 0. The lowest BCUT2D eigenvalue weighted by molar-refractivity contribution is 0.581. The second-order valence-electron chi connectivity index (χ2n) is 4.03. The number of nitriles is 1. The topological polar surface area (TPSA) is 113 Å². The van der Waals surface area contributed by atoms with E-state index in [1.165, 1.54) is 24.5 Å². The highest BCUT2D eigenvalue weighted by molar-refractivity contribution is 7.89. The van der Waals surface area contributed by atoms with Crippen LogP contribution in [0.15, 0.2) is 23.1 Å². The zero-order valence-electron chi connectivity index (χ0n) is 10.6. The van der Waals surface area contributed by atoms with E-state index in [2.05, 4.69) is 4.72 Å². The molecular weight excluding hydrogens is 286 g/mol. The summed E-state index contributed by atoms with van der Waals surface area (Å²) < 4.78 is 37.5. The van der Waals surface area contributed by atoms with Crippen molar-refractivity contribution in [3.05, 3.63) is 23.8 Å². The van der Waals surface area contributed by atoms with Crippen molar-refractivity contribution >= 4 is 26.5 Å². The molecule has 2 unspecified atom stereocenters. The predicted octanol–water partition coefficient (Wildman–Crippen LogP) is 0.186. The monoisotopic (exact) mass is 301 g/mol. The molecule has 0 aliphatic carbocycles. The Morgan fingerprint density at radius 1 is 1.53 bits per heavy atom. The number of hydrogen-bond donors (Lipinski definition) is 2. The molecule has 0 radical (unpaired) electrons. The van der Waals surface area contributed by atoms with Gasteiger partial charge in [0.25, 0.3) is 0 Å². The van der Waals surface area contributed by atoms with Crippen molar-refractivity contribution in [1.29, 1.82) is 5.26 Å². The molecule has 0 fully saturated rings. The Morgan fingerprint density at radius 2 is 2.16 bits per heavy atom. The van der Waals surface area contributed by atoms with Gasteiger partial charge in [0.05, 0.1) is 17.3 Å². The number of nitrogens with one attached hydrogen (secondary N) is 1. The van der Waals surface area contributed by atoms with Crippen molar-refractivity contribution in [2.45, 2.75) is 17.1 Å². The van der Waals surface area contributed by atoms with Gasteiger partial charge in [-0.2, -0.15) is 5.26 Å². The summed E-state index contributed by atoms with van der Waals surface area (Å²) in [5.41, 5.74) is 5.92. The molecule has 19 heavy (non-hydrogen) atoms. The Labute approximate surface area is 115 Å². The lowest BCUT2D eigenvalue weighted by Gasteiger charge is -2.12. The summed E-state index contributed by atoms with van der Waals surface area (Å²) in [4.78, 5) is -0.0828. The minimum absolute atomic E-state index is 0.0109. The van der Waals surface area contributed by atoms with Gasteiger partial charge in [-0.05, 0) is 25.1 Å². The first-order valence-corrected chi connectivity index (χ1v) is 8.50. The molecule has 0 aromatic heterocycles. The Balaban J connectivity index is 2.96.